The summed E-state index contributed by atoms with van der Waals surface area (Å²) in [6.45, 7) is 15.1. The van der Waals surface area contributed by atoms with Gasteiger partial charge in [-0.05, 0) is 93.2 Å². The third-order valence-corrected chi connectivity index (χ3v) is 8.92. The molecule has 0 radical (unpaired) electrons. The normalized spacial score (nSPS) is 17.2. The maximum atomic E-state index is 13.4. The highest BCUT2D eigenvalue weighted by Gasteiger charge is 2.47. The van der Waals surface area contributed by atoms with Crippen LogP contribution in [0.5, 0.6) is 0 Å². The predicted molar refractivity (Wildman–Crippen MR) is 193 cm³/mol. The van der Waals surface area contributed by atoms with Crippen LogP contribution in [0, 0.1) is 41.9 Å². The molecule has 1 aliphatic carbocycles. The number of carbonyl (C=O) groups excluding carboxylic acids is 2. The second kappa shape index (κ2) is 18.7. The van der Waals surface area contributed by atoms with E-state index in [-0.39, 0.29) is 18.5 Å². The number of esters is 2. The average molecular weight is 657 g/mol. The van der Waals surface area contributed by atoms with Crippen molar-refractivity contribution in [3.63, 3.8) is 0 Å². The van der Waals surface area contributed by atoms with Crippen LogP contribution < -0.4 is 0 Å². The van der Waals surface area contributed by atoms with Crippen molar-refractivity contribution in [1.29, 1.82) is 0 Å². The molecule has 260 valence electrons. The number of aryl methyl sites for hydroxylation is 1. The second-order valence-electron chi connectivity index (χ2n) is 13.8. The number of benzene rings is 2. The third-order valence-electron chi connectivity index (χ3n) is 8.92. The molecule has 0 spiro atoms. The summed E-state index contributed by atoms with van der Waals surface area (Å²) in [6, 6.07) is 16.1. The van der Waals surface area contributed by atoms with Crippen molar-refractivity contribution in [3.8, 4) is 11.8 Å². The molecule has 2 aliphatic rings. The molecule has 2 aromatic carbocycles. The van der Waals surface area contributed by atoms with E-state index in [1.165, 1.54) is 5.56 Å². The number of hydrogen-bond donors (Lipinski definition) is 1. The number of furan rings is 1. The van der Waals surface area contributed by atoms with E-state index in [0.29, 0.717) is 36.2 Å². The van der Waals surface area contributed by atoms with E-state index < -0.39 is 11.5 Å². The Bertz CT molecular complexity index is 1550. The highest BCUT2D eigenvalue weighted by Crippen LogP contribution is 2.45. The van der Waals surface area contributed by atoms with Crippen LogP contribution in [0.15, 0.2) is 64.6 Å². The molecule has 1 aromatic heterocycles. The Balaban J connectivity index is 0.00000151. The van der Waals surface area contributed by atoms with Crippen molar-refractivity contribution in [2.75, 3.05) is 13.7 Å². The number of hydrogen-bond acceptors (Lipinski definition) is 6. The van der Waals surface area contributed by atoms with Gasteiger partial charge in [0.2, 0.25) is 0 Å². The molecule has 1 aliphatic heterocycles. The van der Waals surface area contributed by atoms with Crippen molar-refractivity contribution in [3.05, 3.63) is 82.6 Å². The zero-order chi connectivity index (χ0) is 35.3. The van der Waals surface area contributed by atoms with Crippen LogP contribution in [0.25, 0.3) is 11.0 Å². The molecule has 0 bridgehead atoms. The molecule has 1 atom stereocenters. The van der Waals surface area contributed by atoms with Gasteiger partial charge in [0.1, 0.15) is 24.1 Å². The van der Waals surface area contributed by atoms with Crippen molar-refractivity contribution >= 4 is 22.9 Å². The molecule has 5 rings (SSSR count). The number of cyclic esters (lactones) is 1. The topological polar surface area (TPSA) is 86.0 Å². The minimum atomic E-state index is -0.593. The number of aliphatic hydroxyl groups excluding tert-OH is 1. The molecule has 1 saturated carbocycles. The first-order valence-corrected chi connectivity index (χ1v) is 17.7. The fourth-order valence-corrected chi connectivity index (χ4v) is 6.54. The minimum Gasteiger partial charge on any atom is -0.461 e. The quantitative estimate of drug-likeness (QED) is 0.126. The van der Waals surface area contributed by atoms with E-state index >= 15 is 0 Å². The largest absolute Gasteiger partial charge is 0.461 e. The molecular weight excluding hydrogens is 600 g/mol. The van der Waals surface area contributed by atoms with Crippen LogP contribution in [0.2, 0.25) is 0 Å². The summed E-state index contributed by atoms with van der Waals surface area (Å²) in [5.74, 6) is 8.54. The number of allylic oxidation sites excluding steroid dienone is 1. The number of aliphatic hydroxyl groups is 1. The predicted octanol–water partition coefficient (Wildman–Crippen LogP) is 9.37. The van der Waals surface area contributed by atoms with E-state index in [0.717, 1.165) is 73.5 Å². The summed E-state index contributed by atoms with van der Waals surface area (Å²) in [5, 5.41) is 7.97. The fraction of sp³-hybridized carbons (Fsp3) is 0.524. The summed E-state index contributed by atoms with van der Waals surface area (Å²) in [7, 11) is 1.00. The SMILES string of the molecule is CC.CO.Cc1ccc(C#Cc2ccc3oc(CC4(C(=O)OCC5C/C(=C\CC(CC(C)C)CC(C)C)C(=O)O5)CCC4)cc3c2)cc1. The van der Waals surface area contributed by atoms with Gasteiger partial charge in [-0.1, -0.05) is 83.6 Å². The zero-order valence-electron chi connectivity index (χ0n) is 30.4. The van der Waals surface area contributed by atoms with E-state index in [1.807, 2.05) is 50.2 Å². The van der Waals surface area contributed by atoms with Crippen LogP contribution in [0.3, 0.4) is 0 Å². The van der Waals surface area contributed by atoms with Gasteiger partial charge in [0, 0.05) is 42.0 Å². The van der Waals surface area contributed by atoms with E-state index in [2.05, 4.69) is 64.7 Å². The lowest BCUT2D eigenvalue weighted by Crippen LogP contribution is -2.42. The highest BCUT2D eigenvalue weighted by molar-refractivity contribution is 5.90. The van der Waals surface area contributed by atoms with Gasteiger partial charge in [0.05, 0.1) is 5.41 Å². The van der Waals surface area contributed by atoms with Crippen LogP contribution in [-0.2, 0) is 25.5 Å². The standard InChI is InChI=1S/C39H46O5.C2H6.CH4O/c1-26(2)19-31(20-27(3)4)13-15-32-22-35(44-37(32)40)25-42-38(41)39(17-6-18-39)24-34-23-33-21-30(14-16-36(33)43-34)12-11-29-9-7-28(5)8-10-29;2*1-2/h7-10,14-16,21,23,26-27,31,35H,6,13,17-20,22,24-25H2,1-5H3;1-2H3;2H,1H3/b32-15+;;. The van der Waals surface area contributed by atoms with E-state index in [9.17, 15) is 9.59 Å². The Morgan fingerprint density at radius 3 is 2.21 bits per heavy atom. The molecule has 6 heteroatoms. The van der Waals surface area contributed by atoms with Crippen LogP contribution in [0.1, 0.15) is 109 Å². The zero-order valence-corrected chi connectivity index (χ0v) is 30.4. The minimum absolute atomic E-state index is 0.0915. The first-order valence-electron chi connectivity index (χ1n) is 17.7. The average Bonchev–Trinajstić information content (AvgIpc) is 3.62. The molecule has 3 aromatic rings. The van der Waals surface area contributed by atoms with Crippen LogP contribution in [-0.4, -0.2) is 36.9 Å². The molecular formula is C42H56O6. The molecule has 2 fully saturated rings. The van der Waals surface area contributed by atoms with Crippen LogP contribution in [0.4, 0.5) is 0 Å². The highest BCUT2D eigenvalue weighted by atomic mass is 16.6. The van der Waals surface area contributed by atoms with E-state index in [1.54, 1.807) is 0 Å². The summed E-state index contributed by atoms with van der Waals surface area (Å²) in [6.07, 6.45) is 8.31. The summed E-state index contributed by atoms with van der Waals surface area (Å²) < 4.78 is 17.5. The van der Waals surface area contributed by atoms with Crippen molar-refractivity contribution < 1.29 is 28.6 Å². The van der Waals surface area contributed by atoms with Gasteiger partial charge in [-0.25, -0.2) is 4.79 Å². The third kappa shape index (κ3) is 10.9. The van der Waals surface area contributed by atoms with E-state index in [4.69, 9.17) is 19.0 Å². The first-order chi connectivity index (χ1) is 23.1. The molecule has 6 nitrogen and oxygen atoms in total. The Morgan fingerprint density at radius 2 is 1.60 bits per heavy atom. The van der Waals surface area contributed by atoms with Gasteiger partial charge in [-0.2, -0.15) is 0 Å². The summed E-state index contributed by atoms with van der Waals surface area (Å²) >= 11 is 0. The van der Waals surface area contributed by atoms with Gasteiger partial charge < -0.3 is 19.0 Å². The first kappa shape index (κ1) is 38.6. The van der Waals surface area contributed by atoms with Gasteiger partial charge in [-0.3, -0.25) is 4.79 Å². The summed E-state index contributed by atoms with van der Waals surface area (Å²) in [4.78, 5) is 25.9. The van der Waals surface area contributed by atoms with Crippen molar-refractivity contribution in [1.82, 2.24) is 0 Å². The number of rotatable bonds is 11. The molecule has 48 heavy (non-hydrogen) atoms. The lowest BCUT2D eigenvalue weighted by molar-refractivity contribution is -0.167. The summed E-state index contributed by atoms with van der Waals surface area (Å²) in [5.41, 5.74) is 4.01. The second-order valence-corrected chi connectivity index (χ2v) is 13.8. The molecule has 1 saturated heterocycles. The monoisotopic (exact) mass is 656 g/mol. The lowest BCUT2D eigenvalue weighted by Gasteiger charge is -2.38. The Kier molecular flexibility index (Phi) is 15.0. The van der Waals surface area contributed by atoms with Gasteiger partial charge in [0.15, 0.2) is 0 Å². The number of fused-ring (bicyclic) bond motifs is 1. The molecule has 1 unspecified atom stereocenters. The smallest absolute Gasteiger partial charge is 0.334 e. The van der Waals surface area contributed by atoms with Crippen molar-refractivity contribution in [2.24, 2.45) is 23.2 Å². The lowest BCUT2D eigenvalue weighted by atomic mass is 9.66. The molecule has 2 heterocycles. The molecule has 1 N–H and O–H groups in total. The Morgan fingerprint density at radius 1 is 0.979 bits per heavy atom. The van der Waals surface area contributed by atoms with Crippen molar-refractivity contribution in [2.45, 2.75) is 106 Å². The van der Waals surface area contributed by atoms with Gasteiger partial charge in [-0.15, -0.1) is 0 Å². The number of carbonyl (C=O) groups is 2. The maximum absolute atomic E-state index is 13.4. The van der Waals surface area contributed by atoms with Gasteiger partial charge in [0.25, 0.3) is 0 Å². The van der Waals surface area contributed by atoms with Gasteiger partial charge >= 0.3 is 11.9 Å². The van der Waals surface area contributed by atoms with Crippen LogP contribution >= 0.6 is 0 Å². The Hall–Kier alpha value is -3.82. The number of ether oxygens (including phenoxy) is 2. The molecule has 0 amide bonds. The maximum Gasteiger partial charge on any atom is 0.334 e. The Labute approximate surface area is 288 Å². The fourth-order valence-electron chi connectivity index (χ4n) is 6.54.